The molecule has 2 aromatic carbocycles. The van der Waals surface area contributed by atoms with Crippen LogP contribution in [-0.2, 0) is 0 Å². The Kier molecular flexibility index (Phi) is 7.82. The third-order valence-corrected chi connectivity index (χ3v) is 4.45. The number of halogens is 6. The second-order valence-electron chi connectivity index (χ2n) is 7.47. The molecule has 0 saturated heterocycles. The van der Waals surface area contributed by atoms with Gasteiger partial charge in [-0.1, -0.05) is 12.1 Å². The molecule has 0 radical (unpaired) electrons. The lowest BCUT2D eigenvalue weighted by molar-refractivity contribution is -0.274. The molecule has 6 nitrogen and oxygen atoms in total. The number of alkyl halides is 3. The molecular weight excluding hydrogens is 464 g/mol. The highest BCUT2D eigenvalue weighted by Crippen LogP contribution is 2.30. The van der Waals surface area contributed by atoms with Crippen LogP contribution in [0.3, 0.4) is 0 Å². The van der Waals surface area contributed by atoms with Crippen molar-refractivity contribution in [1.29, 1.82) is 0 Å². The van der Waals surface area contributed by atoms with Crippen LogP contribution < -0.4 is 15.4 Å². The van der Waals surface area contributed by atoms with E-state index in [0.717, 1.165) is 37.2 Å². The van der Waals surface area contributed by atoms with Crippen molar-refractivity contribution in [1.82, 2.24) is 14.9 Å². The number of benzene rings is 2. The summed E-state index contributed by atoms with van der Waals surface area (Å²) in [6.07, 6.45) is -4.14. The summed E-state index contributed by atoms with van der Waals surface area (Å²) in [5.41, 5.74) is 0.0637. The van der Waals surface area contributed by atoms with E-state index in [2.05, 4.69) is 25.3 Å². The van der Waals surface area contributed by atoms with Gasteiger partial charge in [-0.3, -0.25) is 0 Å². The normalized spacial score (nSPS) is 11.6. The summed E-state index contributed by atoms with van der Waals surface area (Å²) in [7, 11) is 3.82. The van der Waals surface area contributed by atoms with Crippen molar-refractivity contribution in [2.24, 2.45) is 0 Å². The number of aromatic nitrogens is 2. The standard InChI is InChI=1S/C22H21F6N5O/c1-33(2)10-4-9-29-21-31-17(13-5-3-6-14(11-13)34-22(26,27)28)12-18(32-21)30-16-8-7-15(23)19(24)20(16)25/h3,5-8,11-12H,4,9-10H2,1-2H3,(H2,29,30,31,32). The van der Waals surface area contributed by atoms with Crippen molar-refractivity contribution in [2.75, 3.05) is 37.8 Å². The number of nitrogens with zero attached hydrogens (tertiary/aromatic N) is 3. The fraction of sp³-hybridized carbons (Fsp3) is 0.273. The van der Waals surface area contributed by atoms with Gasteiger partial charge in [0.25, 0.3) is 0 Å². The molecule has 1 heterocycles. The molecule has 0 unspecified atom stereocenters. The predicted molar refractivity (Wildman–Crippen MR) is 115 cm³/mol. The Morgan fingerprint density at radius 1 is 0.971 bits per heavy atom. The number of anilines is 3. The van der Waals surface area contributed by atoms with E-state index in [1.54, 1.807) is 0 Å². The highest BCUT2D eigenvalue weighted by atomic mass is 19.4. The minimum absolute atomic E-state index is 0.00663. The molecule has 3 rings (SSSR count). The summed E-state index contributed by atoms with van der Waals surface area (Å²) in [5, 5.41) is 5.56. The van der Waals surface area contributed by atoms with Gasteiger partial charge in [-0.05, 0) is 51.3 Å². The van der Waals surface area contributed by atoms with Crippen molar-refractivity contribution in [2.45, 2.75) is 12.8 Å². The minimum Gasteiger partial charge on any atom is -0.406 e. The lowest BCUT2D eigenvalue weighted by atomic mass is 10.1. The first-order valence-electron chi connectivity index (χ1n) is 10.1. The third-order valence-electron chi connectivity index (χ3n) is 4.45. The summed E-state index contributed by atoms with van der Waals surface area (Å²) in [6, 6.07) is 8.20. The summed E-state index contributed by atoms with van der Waals surface area (Å²) in [4.78, 5) is 10.5. The van der Waals surface area contributed by atoms with Crippen molar-refractivity contribution < 1.29 is 31.1 Å². The Balaban J connectivity index is 1.95. The maximum Gasteiger partial charge on any atom is 0.573 e. The fourth-order valence-electron chi connectivity index (χ4n) is 2.95. The van der Waals surface area contributed by atoms with Gasteiger partial charge in [-0.2, -0.15) is 4.98 Å². The van der Waals surface area contributed by atoms with Crippen LogP contribution >= 0.6 is 0 Å². The van der Waals surface area contributed by atoms with Crippen molar-refractivity contribution in [3.05, 3.63) is 59.9 Å². The summed E-state index contributed by atoms with van der Waals surface area (Å²) < 4.78 is 82.8. The average molecular weight is 485 g/mol. The van der Waals surface area contributed by atoms with Gasteiger partial charge in [0.15, 0.2) is 17.5 Å². The SMILES string of the molecule is CN(C)CCCNc1nc(Nc2ccc(F)c(F)c2F)cc(-c2cccc(OC(F)(F)F)c2)n1. The molecular formula is C22H21F6N5O. The first kappa shape index (κ1) is 25.1. The van der Waals surface area contributed by atoms with Crippen LogP contribution in [0, 0.1) is 17.5 Å². The van der Waals surface area contributed by atoms with Crippen molar-refractivity contribution >= 4 is 17.5 Å². The fourth-order valence-corrected chi connectivity index (χ4v) is 2.95. The van der Waals surface area contributed by atoms with E-state index in [-0.39, 0.29) is 28.7 Å². The molecule has 1 aromatic heterocycles. The van der Waals surface area contributed by atoms with Crippen molar-refractivity contribution in [3.8, 4) is 17.0 Å². The second kappa shape index (κ2) is 10.6. The highest BCUT2D eigenvalue weighted by Gasteiger charge is 2.31. The second-order valence-corrected chi connectivity index (χ2v) is 7.47. The highest BCUT2D eigenvalue weighted by molar-refractivity contribution is 5.68. The van der Waals surface area contributed by atoms with Crippen LogP contribution in [0.15, 0.2) is 42.5 Å². The first-order valence-corrected chi connectivity index (χ1v) is 10.1. The number of ether oxygens (including phenoxy) is 1. The van der Waals surface area contributed by atoms with Crippen LogP contribution in [0.5, 0.6) is 5.75 Å². The minimum atomic E-state index is -4.87. The van der Waals surface area contributed by atoms with Crippen molar-refractivity contribution in [3.63, 3.8) is 0 Å². The topological polar surface area (TPSA) is 62.3 Å². The van der Waals surface area contributed by atoms with Crippen LogP contribution in [0.1, 0.15) is 6.42 Å². The molecule has 0 bridgehead atoms. The molecule has 0 spiro atoms. The largest absolute Gasteiger partial charge is 0.573 e. The lowest BCUT2D eigenvalue weighted by Crippen LogP contribution is -2.17. The predicted octanol–water partition coefficient (Wildman–Crippen LogP) is 5.57. The molecule has 2 N–H and O–H groups in total. The molecule has 0 saturated carbocycles. The Bertz CT molecular complexity index is 1140. The van der Waals surface area contributed by atoms with Gasteiger partial charge in [0.2, 0.25) is 5.95 Å². The van der Waals surface area contributed by atoms with E-state index >= 15 is 0 Å². The molecule has 0 amide bonds. The molecule has 0 aliphatic heterocycles. The Morgan fingerprint density at radius 3 is 2.44 bits per heavy atom. The van der Waals surface area contributed by atoms with Gasteiger partial charge in [0.1, 0.15) is 11.6 Å². The maximum atomic E-state index is 14.1. The smallest absolute Gasteiger partial charge is 0.406 e. The lowest BCUT2D eigenvalue weighted by Gasteiger charge is -2.14. The van der Waals surface area contributed by atoms with Crippen LogP contribution in [0.2, 0.25) is 0 Å². The van der Waals surface area contributed by atoms with Crippen LogP contribution in [-0.4, -0.2) is 48.4 Å². The van der Waals surface area contributed by atoms with E-state index in [4.69, 9.17) is 0 Å². The quantitative estimate of drug-likeness (QED) is 0.235. The monoisotopic (exact) mass is 485 g/mol. The zero-order valence-corrected chi connectivity index (χ0v) is 18.2. The maximum absolute atomic E-state index is 14.1. The molecule has 3 aromatic rings. The number of hydrogen-bond acceptors (Lipinski definition) is 6. The Morgan fingerprint density at radius 2 is 1.74 bits per heavy atom. The summed E-state index contributed by atoms with van der Waals surface area (Å²) in [5.74, 6) is -4.79. The average Bonchev–Trinajstić information content (AvgIpc) is 2.76. The number of hydrogen-bond donors (Lipinski definition) is 2. The molecule has 182 valence electrons. The third kappa shape index (κ3) is 6.98. The Hall–Kier alpha value is -3.54. The van der Waals surface area contributed by atoms with E-state index in [0.29, 0.717) is 6.54 Å². The number of rotatable bonds is 9. The summed E-state index contributed by atoms with van der Waals surface area (Å²) in [6.45, 7) is 1.24. The van der Waals surface area contributed by atoms with E-state index in [9.17, 15) is 26.3 Å². The van der Waals surface area contributed by atoms with Gasteiger partial charge < -0.3 is 20.3 Å². The van der Waals surface area contributed by atoms with Crippen LogP contribution in [0.25, 0.3) is 11.3 Å². The van der Waals surface area contributed by atoms with Crippen LogP contribution in [0.4, 0.5) is 43.8 Å². The molecule has 34 heavy (non-hydrogen) atoms. The molecule has 0 aliphatic rings. The molecule has 12 heteroatoms. The van der Waals surface area contributed by atoms with E-state index < -0.39 is 29.6 Å². The van der Waals surface area contributed by atoms with Gasteiger partial charge in [0, 0.05) is 18.2 Å². The molecule has 0 fully saturated rings. The molecule has 0 aliphatic carbocycles. The zero-order chi connectivity index (χ0) is 24.9. The number of nitrogens with one attached hydrogen (secondary N) is 2. The van der Waals surface area contributed by atoms with Gasteiger partial charge in [-0.15, -0.1) is 13.2 Å². The van der Waals surface area contributed by atoms with E-state index in [1.165, 1.54) is 18.2 Å². The first-order chi connectivity index (χ1) is 16.0. The molecule has 0 atom stereocenters. The zero-order valence-electron chi connectivity index (χ0n) is 18.2. The van der Waals surface area contributed by atoms with Gasteiger partial charge >= 0.3 is 6.36 Å². The van der Waals surface area contributed by atoms with E-state index in [1.807, 2.05) is 19.0 Å². The van der Waals surface area contributed by atoms with Gasteiger partial charge in [0.05, 0.1) is 11.4 Å². The Labute approximate surface area is 191 Å². The summed E-state index contributed by atoms with van der Waals surface area (Å²) >= 11 is 0. The van der Waals surface area contributed by atoms with Gasteiger partial charge in [-0.25, -0.2) is 18.2 Å².